The van der Waals surface area contributed by atoms with Gasteiger partial charge in [-0.05, 0) is 55.3 Å². The average Bonchev–Trinajstić information content (AvgIpc) is 2.22. The molecule has 3 heteroatoms. The maximum absolute atomic E-state index is 5.88. The molecule has 0 aliphatic carbocycles. The number of nitrogens with one attached hydrogen (secondary N) is 1. The Balaban J connectivity index is 2.28. The van der Waals surface area contributed by atoms with Gasteiger partial charge in [0, 0.05) is 21.5 Å². The lowest BCUT2D eigenvalue weighted by atomic mass is 10.1. The molecule has 88 valence electrons. The van der Waals surface area contributed by atoms with Crippen LogP contribution in [0, 0.1) is 13.8 Å². The minimum absolute atomic E-state index is 0.807. The van der Waals surface area contributed by atoms with Gasteiger partial charge in [0.2, 0.25) is 0 Å². The van der Waals surface area contributed by atoms with E-state index in [1.807, 2.05) is 31.2 Å². The van der Waals surface area contributed by atoms with Crippen molar-refractivity contribution in [1.82, 2.24) is 0 Å². The van der Waals surface area contributed by atoms with Crippen molar-refractivity contribution in [2.24, 2.45) is 0 Å². The highest BCUT2D eigenvalue weighted by atomic mass is 79.9. The van der Waals surface area contributed by atoms with E-state index < -0.39 is 0 Å². The van der Waals surface area contributed by atoms with Gasteiger partial charge >= 0.3 is 0 Å². The van der Waals surface area contributed by atoms with Crippen molar-refractivity contribution in [3.8, 4) is 0 Å². The molecule has 2 nitrogen and oxygen atoms in total. The van der Waals surface area contributed by atoms with Crippen molar-refractivity contribution in [3.63, 3.8) is 0 Å². The van der Waals surface area contributed by atoms with Crippen LogP contribution in [0.25, 0.3) is 0 Å². The normalized spacial score (nSPS) is 10.3. The monoisotopic (exact) mass is 290 g/mol. The summed E-state index contributed by atoms with van der Waals surface area (Å²) in [5.41, 5.74) is 11.1. The first-order valence-electron chi connectivity index (χ1n) is 5.45. The molecule has 0 atom stereocenters. The Labute approximate surface area is 110 Å². The Morgan fingerprint density at radius 3 is 2.41 bits per heavy atom. The van der Waals surface area contributed by atoms with Crippen LogP contribution < -0.4 is 11.1 Å². The number of hydrogen-bond donors (Lipinski definition) is 2. The van der Waals surface area contributed by atoms with E-state index in [0.717, 1.165) is 27.1 Å². The van der Waals surface area contributed by atoms with Crippen molar-refractivity contribution in [2.75, 3.05) is 11.1 Å². The zero-order chi connectivity index (χ0) is 12.4. The summed E-state index contributed by atoms with van der Waals surface area (Å²) >= 11 is 3.49. The number of anilines is 3. The predicted molar refractivity (Wildman–Crippen MR) is 77.8 cm³/mol. The van der Waals surface area contributed by atoms with E-state index in [9.17, 15) is 0 Å². The molecular formula is C14H15BrN2. The summed E-state index contributed by atoms with van der Waals surface area (Å²) in [6.45, 7) is 4.07. The summed E-state index contributed by atoms with van der Waals surface area (Å²) in [5, 5.41) is 3.34. The van der Waals surface area contributed by atoms with Crippen LogP contribution in [-0.2, 0) is 0 Å². The van der Waals surface area contributed by atoms with Gasteiger partial charge in [0.15, 0.2) is 0 Å². The first-order valence-corrected chi connectivity index (χ1v) is 6.24. The third kappa shape index (κ3) is 3.01. The van der Waals surface area contributed by atoms with Gasteiger partial charge in [-0.15, -0.1) is 0 Å². The van der Waals surface area contributed by atoms with Crippen LogP contribution in [0.2, 0.25) is 0 Å². The smallest absolute Gasteiger partial charge is 0.0405 e. The van der Waals surface area contributed by atoms with E-state index in [4.69, 9.17) is 5.73 Å². The molecule has 0 bridgehead atoms. The molecule has 0 aromatic heterocycles. The fraction of sp³-hybridized carbons (Fsp3) is 0.143. The molecule has 0 saturated carbocycles. The summed E-state index contributed by atoms with van der Waals surface area (Å²) in [5.74, 6) is 0. The van der Waals surface area contributed by atoms with Gasteiger partial charge in [0.1, 0.15) is 0 Å². The number of nitrogens with two attached hydrogens (primary N) is 1. The number of benzene rings is 2. The van der Waals surface area contributed by atoms with Crippen molar-refractivity contribution in [1.29, 1.82) is 0 Å². The van der Waals surface area contributed by atoms with Gasteiger partial charge in [0.25, 0.3) is 0 Å². The van der Waals surface area contributed by atoms with E-state index in [0.29, 0.717) is 0 Å². The maximum Gasteiger partial charge on any atom is 0.0405 e. The van der Waals surface area contributed by atoms with Crippen molar-refractivity contribution in [3.05, 3.63) is 52.0 Å². The molecule has 0 radical (unpaired) electrons. The Bertz CT molecular complexity index is 530. The second-order valence-electron chi connectivity index (χ2n) is 4.21. The third-order valence-corrected chi connectivity index (χ3v) is 3.07. The highest BCUT2D eigenvalue weighted by Gasteiger charge is 1.99. The van der Waals surface area contributed by atoms with Crippen molar-refractivity contribution >= 4 is 33.0 Å². The molecule has 0 aliphatic heterocycles. The number of rotatable bonds is 2. The number of hydrogen-bond acceptors (Lipinski definition) is 2. The van der Waals surface area contributed by atoms with Gasteiger partial charge < -0.3 is 11.1 Å². The number of aryl methyl sites for hydroxylation is 2. The van der Waals surface area contributed by atoms with Crippen molar-refractivity contribution in [2.45, 2.75) is 13.8 Å². The summed E-state index contributed by atoms with van der Waals surface area (Å²) < 4.78 is 1.07. The molecule has 2 aromatic carbocycles. The zero-order valence-corrected chi connectivity index (χ0v) is 11.5. The van der Waals surface area contributed by atoms with Gasteiger partial charge in [-0.3, -0.25) is 0 Å². The first kappa shape index (κ1) is 12.0. The lowest BCUT2D eigenvalue weighted by molar-refractivity contribution is 1.42. The van der Waals surface area contributed by atoms with E-state index in [-0.39, 0.29) is 0 Å². The highest BCUT2D eigenvalue weighted by Crippen LogP contribution is 2.24. The third-order valence-electron chi connectivity index (χ3n) is 2.61. The molecule has 0 saturated heterocycles. The van der Waals surface area contributed by atoms with Crippen LogP contribution >= 0.6 is 15.9 Å². The molecule has 2 rings (SSSR count). The van der Waals surface area contributed by atoms with Gasteiger partial charge in [-0.25, -0.2) is 0 Å². The zero-order valence-electron chi connectivity index (χ0n) is 9.92. The fourth-order valence-electron chi connectivity index (χ4n) is 1.69. The minimum atomic E-state index is 0.807. The summed E-state index contributed by atoms with van der Waals surface area (Å²) in [4.78, 5) is 0. The molecule has 17 heavy (non-hydrogen) atoms. The Morgan fingerprint density at radius 1 is 1.00 bits per heavy atom. The molecule has 0 amide bonds. The molecule has 3 N–H and O–H groups in total. The van der Waals surface area contributed by atoms with Gasteiger partial charge in [-0.1, -0.05) is 22.0 Å². The van der Waals surface area contributed by atoms with E-state index in [1.165, 1.54) is 5.56 Å². The topological polar surface area (TPSA) is 38.0 Å². The van der Waals surface area contributed by atoms with Crippen molar-refractivity contribution < 1.29 is 0 Å². The highest BCUT2D eigenvalue weighted by molar-refractivity contribution is 9.10. The second kappa shape index (κ2) is 4.80. The average molecular weight is 291 g/mol. The predicted octanol–water partition coefficient (Wildman–Crippen LogP) is 4.39. The van der Waals surface area contributed by atoms with Gasteiger partial charge in [-0.2, -0.15) is 0 Å². The summed E-state index contributed by atoms with van der Waals surface area (Å²) in [6, 6.07) is 12.2. The summed E-state index contributed by atoms with van der Waals surface area (Å²) in [7, 11) is 0. The lowest BCUT2D eigenvalue weighted by Gasteiger charge is -2.10. The molecule has 0 fully saturated rings. The minimum Gasteiger partial charge on any atom is -0.398 e. The SMILES string of the molecule is Cc1cc(Br)cc(Nc2ccc(C)c(N)c2)c1. The summed E-state index contributed by atoms with van der Waals surface area (Å²) in [6.07, 6.45) is 0. The van der Waals surface area contributed by atoms with Gasteiger partial charge in [0.05, 0.1) is 0 Å². The molecule has 2 aromatic rings. The van der Waals surface area contributed by atoms with Crippen LogP contribution in [0.1, 0.15) is 11.1 Å². The molecule has 0 unspecified atom stereocenters. The quantitative estimate of drug-likeness (QED) is 0.805. The first-order chi connectivity index (χ1) is 8.04. The van der Waals surface area contributed by atoms with Crippen LogP contribution in [0.4, 0.5) is 17.1 Å². The number of nitrogen functional groups attached to an aromatic ring is 1. The Kier molecular flexibility index (Phi) is 3.38. The number of halogens is 1. The Hall–Kier alpha value is -1.48. The largest absolute Gasteiger partial charge is 0.398 e. The molecule has 0 spiro atoms. The van der Waals surface area contributed by atoms with Crippen LogP contribution in [-0.4, -0.2) is 0 Å². The van der Waals surface area contributed by atoms with Crippen LogP contribution in [0.5, 0.6) is 0 Å². The second-order valence-corrected chi connectivity index (χ2v) is 5.13. The van der Waals surface area contributed by atoms with E-state index in [2.05, 4.69) is 40.3 Å². The maximum atomic E-state index is 5.88. The van der Waals surface area contributed by atoms with E-state index in [1.54, 1.807) is 0 Å². The van der Waals surface area contributed by atoms with Crippen LogP contribution in [0.15, 0.2) is 40.9 Å². The lowest BCUT2D eigenvalue weighted by Crippen LogP contribution is -1.94. The Morgan fingerprint density at radius 2 is 1.76 bits per heavy atom. The molecule has 0 heterocycles. The molecular weight excluding hydrogens is 276 g/mol. The molecule has 0 aliphatic rings. The fourth-order valence-corrected chi connectivity index (χ4v) is 2.30. The van der Waals surface area contributed by atoms with E-state index >= 15 is 0 Å². The standard InChI is InChI=1S/C14H15BrN2/c1-9-5-11(15)7-13(6-9)17-12-4-3-10(2)14(16)8-12/h3-8,17H,16H2,1-2H3. The van der Waals surface area contributed by atoms with Crippen LogP contribution in [0.3, 0.4) is 0 Å².